The molecule has 0 atom stereocenters. The van der Waals surface area contributed by atoms with Gasteiger partial charge in [-0.3, -0.25) is 9.38 Å². The number of hydrogen-bond acceptors (Lipinski definition) is 5. The summed E-state index contributed by atoms with van der Waals surface area (Å²) in [4.78, 5) is 3.84. The number of alkyl halides is 5. The Labute approximate surface area is 171 Å². The molecule has 0 aliphatic rings. The summed E-state index contributed by atoms with van der Waals surface area (Å²) >= 11 is 0. The summed E-state index contributed by atoms with van der Waals surface area (Å²) in [5.74, 6) is -1.12. The molecule has 0 unspecified atom stereocenters. The Hall–Kier alpha value is -3.60. The minimum atomic E-state index is -4.81. The highest BCUT2D eigenvalue weighted by atomic mass is 19.4. The first-order chi connectivity index (χ1) is 14.7. The lowest BCUT2D eigenvalue weighted by Crippen LogP contribution is -2.21. The van der Waals surface area contributed by atoms with Gasteiger partial charge < -0.3 is 9.47 Å². The van der Waals surface area contributed by atoms with E-state index >= 15 is 0 Å². The number of aromatic nitrogens is 4. The number of halogens is 5. The first-order valence-electron chi connectivity index (χ1n) is 8.83. The zero-order chi connectivity index (χ0) is 22.1. The Kier molecular flexibility index (Phi) is 5.27. The Morgan fingerprint density at radius 1 is 0.871 bits per heavy atom. The summed E-state index contributed by atoms with van der Waals surface area (Å²) in [5, 5.41) is 7.27. The highest BCUT2D eigenvalue weighted by Gasteiger charge is 2.39. The highest BCUT2D eigenvalue weighted by molar-refractivity contribution is 5.65. The molecule has 0 fully saturated rings. The third-order valence-electron chi connectivity index (χ3n) is 4.23. The van der Waals surface area contributed by atoms with Crippen LogP contribution in [0, 0.1) is 0 Å². The van der Waals surface area contributed by atoms with Crippen molar-refractivity contribution in [2.75, 3.05) is 0 Å². The molecule has 3 aromatic heterocycles. The zero-order valence-electron chi connectivity index (χ0n) is 15.6. The summed E-state index contributed by atoms with van der Waals surface area (Å²) in [5.41, 5.74) is 1.55. The number of hydrogen-bond donors (Lipinski definition) is 0. The van der Waals surface area contributed by atoms with Gasteiger partial charge in [0.25, 0.3) is 0 Å². The number of ether oxygens (including phenoxy) is 2. The zero-order valence-corrected chi connectivity index (χ0v) is 15.6. The predicted octanol–water partition coefficient (Wildman–Crippen LogP) is 4.96. The van der Waals surface area contributed by atoms with Crippen LogP contribution in [0.15, 0.2) is 67.1 Å². The van der Waals surface area contributed by atoms with Crippen LogP contribution >= 0.6 is 0 Å². The van der Waals surface area contributed by atoms with Gasteiger partial charge in [0.1, 0.15) is 5.75 Å². The molecule has 160 valence electrons. The minimum Gasteiger partial charge on any atom is -0.406 e. The average Bonchev–Trinajstić information content (AvgIpc) is 3.17. The van der Waals surface area contributed by atoms with Crippen LogP contribution in [0.1, 0.15) is 11.4 Å². The molecule has 0 N–H and O–H groups in total. The molecule has 4 rings (SSSR count). The van der Waals surface area contributed by atoms with Crippen molar-refractivity contribution >= 4 is 5.65 Å². The molecule has 0 saturated carbocycles. The summed E-state index contributed by atoms with van der Waals surface area (Å²) in [6.07, 6.45) is -4.29. The number of benzene rings is 1. The van der Waals surface area contributed by atoms with Gasteiger partial charge in [0.2, 0.25) is 5.82 Å². The molecule has 3 heterocycles. The third kappa shape index (κ3) is 4.77. The van der Waals surface area contributed by atoms with Crippen molar-refractivity contribution < 1.29 is 31.4 Å². The number of nitrogens with zero attached hydrogens (tertiary/aromatic N) is 4. The molecular formula is C20H13F5N4O2. The first-order valence-corrected chi connectivity index (χ1v) is 8.83. The van der Waals surface area contributed by atoms with Crippen LogP contribution in [0.2, 0.25) is 0 Å². The summed E-state index contributed by atoms with van der Waals surface area (Å²) < 4.78 is 75.9. The second-order valence-corrected chi connectivity index (χ2v) is 6.41. The summed E-state index contributed by atoms with van der Waals surface area (Å²) in [7, 11) is 0. The second kappa shape index (κ2) is 7.91. The fraction of sp³-hybridized carbons (Fsp3) is 0.150. The normalized spacial score (nSPS) is 12.3. The van der Waals surface area contributed by atoms with E-state index in [0.717, 1.165) is 16.5 Å². The Morgan fingerprint density at radius 2 is 1.61 bits per heavy atom. The van der Waals surface area contributed by atoms with E-state index in [0.29, 0.717) is 16.7 Å². The van der Waals surface area contributed by atoms with Gasteiger partial charge in [-0.15, -0.1) is 23.4 Å². The SMILES string of the molecule is FC(F)(F)Oc1ccc(-c2ccc3nnc(C(F)(F)OCc4cccnc4)n3c2)cc1. The third-order valence-corrected chi connectivity index (χ3v) is 4.23. The lowest BCUT2D eigenvalue weighted by atomic mass is 10.1. The van der Waals surface area contributed by atoms with Crippen LogP contribution in [0.5, 0.6) is 5.75 Å². The van der Waals surface area contributed by atoms with E-state index in [1.54, 1.807) is 18.2 Å². The van der Waals surface area contributed by atoms with E-state index in [4.69, 9.17) is 4.74 Å². The Morgan fingerprint density at radius 3 is 2.29 bits per heavy atom. The van der Waals surface area contributed by atoms with Gasteiger partial charge >= 0.3 is 12.5 Å². The molecule has 11 heteroatoms. The average molecular weight is 436 g/mol. The maximum Gasteiger partial charge on any atom is 0.573 e. The van der Waals surface area contributed by atoms with Crippen LogP contribution in [0.25, 0.3) is 16.8 Å². The molecule has 4 aromatic rings. The van der Waals surface area contributed by atoms with Crippen molar-refractivity contribution in [1.29, 1.82) is 0 Å². The molecule has 0 radical (unpaired) electrons. The monoisotopic (exact) mass is 436 g/mol. The van der Waals surface area contributed by atoms with Crippen LogP contribution < -0.4 is 4.74 Å². The summed E-state index contributed by atoms with van der Waals surface area (Å²) in [6, 6.07) is 11.3. The van der Waals surface area contributed by atoms with Crippen LogP contribution in [0.3, 0.4) is 0 Å². The smallest absolute Gasteiger partial charge is 0.406 e. The van der Waals surface area contributed by atoms with Crippen molar-refractivity contribution in [3.05, 3.63) is 78.5 Å². The number of rotatable bonds is 6. The largest absolute Gasteiger partial charge is 0.573 e. The van der Waals surface area contributed by atoms with Crippen molar-refractivity contribution in [1.82, 2.24) is 19.6 Å². The van der Waals surface area contributed by atoms with Crippen molar-refractivity contribution in [3.63, 3.8) is 0 Å². The highest BCUT2D eigenvalue weighted by Crippen LogP contribution is 2.31. The topological polar surface area (TPSA) is 61.5 Å². The van der Waals surface area contributed by atoms with Crippen molar-refractivity contribution in [2.45, 2.75) is 19.1 Å². The molecule has 0 saturated heterocycles. The maximum absolute atomic E-state index is 14.7. The van der Waals surface area contributed by atoms with Crippen molar-refractivity contribution in [2.24, 2.45) is 0 Å². The van der Waals surface area contributed by atoms with Gasteiger partial charge in [0.05, 0.1) is 6.61 Å². The van der Waals surface area contributed by atoms with E-state index in [9.17, 15) is 22.0 Å². The maximum atomic E-state index is 14.7. The molecule has 6 nitrogen and oxygen atoms in total. The van der Waals surface area contributed by atoms with E-state index in [-0.39, 0.29) is 5.65 Å². The van der Waals surface area contributed by atoms with E-state index < -0.39 is 30.7 Å². The molecule has 1 aromatic carbocycles. The van der Waals surface area contributed by atoms with Gasteiger partial charge in [-0.05, 0) is 47.0 Å². The Balaban J connectivity index is 1.60. The fourth-order valence-electron chi connectivity index (χ4n) is 2.83. The molecule has 0 aliphatic heterocycles. The quantitative estimate of drug-likeness (QED) is 0.400. The molecular weight excluding hydrogens is 423 g/mol. The number of pyridine rings is 2. The Bertz CT molecular complexity index is 1180. The molecule has 0 spiro atoms. The van der Waals surface area contributed by atoms with E-state index in [1.807, 2.05) is 0 Å². The number of fused-ring (bicyclic) bond motifs is 1. The lowest BCUT2D eigenvalue weighted by molar-refractivity contribution is -0.274. The van der Waals surface area contributed by atoms with Gasteiger partial charge in [0.15, 0.2) is 5.65 Å². The summed E-state index contributed by atoms with van der Waals surface area (Å²) in [6.45, 7) is -0.393. The minimum absolute atomic E-state index is 0.153. The second-order valence-electron chi connectivity index (χ2n) is 6.41. The molecule has 0 bridgehead atoms. The van der Waals surface area contributed by atoms with Gasteiger partial charge in [-0.1, -0.05) is 18.2 Å². The molecule has 0 amide bonds. The molecule has 0 aliphatic carbocycles. The van der Waals surface area contributed by atoms with Gasteiger partial charge in [-0.2, -0.15) is 8.78 Å². The lowest BCUT2D eigenvalue weighted by Gasteiger charge is -2.15. The molecule has 31 heavy (non-hydrogen) atoms. The van der Waals surface area contributed by atoms with Crippen molar-refractivity contribution in [3.8, 4) is 16.9 Å². The van der Waals surface area contributed by atoms with Gasteiger partial charge in [-0.25, -0.2) is 0 Å². The van der Waals surface area contributed by atoms with Crippen LogP contribution in [-0.4, -0.2) is 25.9 Å². The standard InChI is InChI=1S/C20H13F5N4O2/c21-19(22,30-12-13-2-1-9-26-10-13)18-28-27-17-8-5-15(11-29(17)18)14-3-6-16(7-4-14)31-20(23,24)25/h1-11H,12H2. The van der Waals surface area contributed by atoms with Crippen LogP contribution in [0.4, 0.5) is 22.0 Å². The predicted molar refractivity (Wildman–Crippen MR) is 98.0 cm³/mol. The van der Waals surface area contributed by atoms with Gasteiger partial charge in [0, 0.05) is 18.6 Å². The van der Waals surface area contributed by atoms with E-state index in [2.05, 4.69) is 19.9 Å². The van der Waals surface area contributed by atoms with E-state index in [1.165, 1.54) is 36.8 Å². The van der Waals surface area contributed by atoms with Crippen LogP contribution in [-0.2, 0) is 17.5 Å². The fourth-order valence-corrected chi connectivity index (χ4v) is 2.83. The first kappa shape index (κ1) is 20.7.